The van der Waals surface area contributed by atoms with Crippen LogP contribution in [0.15, 0.2) is 60.7 Å². The molecule has 12 heteroatoms. The zero-order chi connectivity index (χ0) is 50.8. The van der Waals surface area contributed by atoms with Crippen LogP contribution in [0.3, 0.4) is 0 Å². The van der Waals surface area contributed by atoms with Crippen molar-refractivity contribution in [3.63, 3.8) is 0 Å². The third kappa shape index (κ3) is 37.3. The number of ether oxygens (including phenoxy) is 4. The number of likely N-dealkylation sites (N-methyl/N-ethyl adjacent to an activating group) is 1. The minimum Gasteiger partial charge on any atom is -0.756 e. The summed E-state index contributed by atoms with van der Waals surface area (Å²) in [5.74, 6) is 0.0730. The van der Waals surface area contributed by atoms with E-state index in [1.807, 2.05) is 69.7 Å². The van der Waals surface area contributed by atoms with Gasteiger partial charge >= 0.3 is 11.9 Å². The van der Waals surface area contributed by atoms with Crippen molar-refractivity contribution >= 4 is 31.9 Å². The van der Waals surface area contributed by atoms with Crippen molar-refractivity contribution in [1.82, 2.24) is 0 Å². The molecule has 0 N–H and O–H groups in total. The molecule has 2 rings (SSSR count). The molecule has 1 atom stereocenters. The second kappa shape index (κ2) is 41.1. The normalized spacial score (nSPS) is 12.8. The van der Waals surface area contributed by atoms with E-state index in [1.54, 1.807) is 12.2 Å². The number of carbonyl (C=O) groups excluding carboxylic acids is 2. The van der Waals surface area contributed by atoms with Gasteiger partial charge in [-0.2, -0.15) is 0 Å². The first-order chi connectivity index (χ1) is 33.9. The molecule has 1 unspecified atom stereocenters. The first-order valence-electron chi connectivity index (χ1n) is 27.5. The summed E-state index contributed by atoms with van der Waals surface area (Å²) in [6.45, 7) is 5.14. The molecule has 0 aliphatic carbocycles. The fourth-order valence-electron chi connectivity index (χ4n) is 7.85. The van der Waals surface area contributed by atoms with Gasteiger partial charge in [0.1, 0.15) is 44.0 Å². The molecule has 11 nitrogen and oxygen atoms in total. The lowest BCUT2D eigenvalue weighted by molar-refractivity contribution is -0.870. The molecular formula is C58H96NO10P. The van der Waals surface area contributed by atoms with Gasteiger partial charge in [0.05, 0.1) is 34.4 Å². The van der Waals surface area contributed by atoms with Crippen LogP contribution in [0.25, 0.3) is 12.2 Å². The summed E-state index contributed by atoms with van der Waals surface area (Å²) in [5.41, 5.74) is 1.51. The number of quaternary nitrogens is 1. The van der Waals surface area contributed by atoms with Crippen LogP contribution >= 0.6 is 7.82 Å². The van der Waals surface area contributed by atoms with E-state index in [1.165, 1.54) is 166 Å². The molecule has 0 heterocycles. The summed E-state index contributed by atoms with van der Waals surface area (Å²) in [6.07, 6.45) is 41.1. The van der Waals surface area contributed by atoms with E-state index in [0.29, 0.717) is 24.2 Å². The molecule has 0 bridgehead atoms. The van der Waals surface area contributed by atoms with Crippen molar-refractivity contribution in [2.45, 2.75) is 200 Å². The number of phosphoric ester groups is 1. The number of unbranched alkanes of at least 4 members (excludes halogenated alkanes) is 26. The van der Waals surface area contributed by atoms with Crippen molar-refractivity contribution in [2.75, 3.05) is 60.7 Å². The van der Waals surface area contributed by atoms with E-state index in [-0.39, 0.29) is 6.61 Å². The standard InChI is InChI=1S/C58H96NO10P/c1-6-8-10-12-14-16-18-20-22-24-26-28-30-32-47-64-54-40-34-52(35-41-54)38-44-57(60)66-50-56(69-70(62,63)68-49-46-59(3,4)5)51-67-58(61)45-39-53-36-42-55(43-37-53)65-48-33-31-29-27-25-23-21-19-17-15-13-11-9-7-2/h34-45,56H,6-33,46-51H2,1-5H3/b44-38+,45-39+. The molecule has 0 aromatic heterocycles. The molecule has 0 fully saturated rings. The smallest absolute Gasteiger partial charge is 0.330 e. The van der Waals surface area contributed by atoms with Crippen LogP contribution in [-0.2, 0) is 32.7 Å². The summed E-state index contributed by atoms with van der Waals surface area (Å²) in [5, 5.41) is 0. The van der Waals surface area contributed by atoms with E-state index in [9.17, 15) is 19.0 Å². The minimum atomic E-state index is -4.84. The van der Waals surface area contributed by atoms with Gasteiger partial charge in [-0.3, -0.25) is 4.57 Å². The summed E-state index contributed by atoms with van der Waals surface area (Å²) < 4.78 is 46.0. The largest absolute Gasteiger partial charge is 0.756 e. The SMILES string of the molecule is CCCCCCCCCCCCCCCCOc1ccc(/C=C/C(=O)OCC(COC(=O)/C=C/c2ccc(OCCCCCCCCCCCCCCCC)cc2)OP(=O)([O-])OCC[N+](C)(C)C)cc1. The van der Waals surface area contributed by atoms with Crippen LogP contribution in [0.1, 0.15) is 205 Å². The first kappa shape index (κ1) is 62.6. The number of rotatable bonds is 46. The van der Waals surface area contributed by atoms with Gasteiger partial charge in [0.25, 0.3) is 7.82 Å². The molecule has 0 aliphatic rings. The lowest BCUT2D eigenvalue weighted by atomic mass is 10.0. The first-order valence-corrected chi connectivity index (χ1v) is 28.9. The molecule has 0 amide bonds. The second-order valence-corrected chi connectivity index (χ2v) is 21.3. The Hall–Kier alpha value is -3.47. The topological polar surface area (TPSA) is 130 Å². The third-order valence-electron chi connectivity index (χ3n) is 12.2. The Morgan fingerprint density at radius 2 is 0.814 bits per heavy atom. The van der Waals surface area contributed by atoms with Crippen molar-refractivity contribution < 1.29 is 51.5 Å². The Balaban J connectivity index is 1.71. The van der Waals surface area contributed by atoms with Gasteiger partial charge in [0.2, 0.25) is 0 Å². The summed E-state index contributed by atoms with van der Waals surface area (Å²) in [6, 6.07) is 14.8. The highest BCUT2D eigenvalue weighted by Gasteiger charge is 2.23. The molecule has 2 aromatic rings. The second-order valence-electron chi connectivity index (χ2n) is 20.0. The van der Waals surface area contributed by atoms with Crippen molar-refractivity contribution in [2.24, 2.45) is 0 Å². The number of nitrogens with zero attached hydrogens (tertiary/aromatic N) is 1. The zero-order valence-corrected chi connectivity index (χ0v) is 45.4. The number of hydrogen-bond donors (Lipinski definition) is 0. The van der Waals surface area contributed by atoms with E-state index >= 15 is 0 Å². The van der Waals surface area contributed by atoms with Gasteiger partial charge in [-0.05, 0) is 60.4 Å². The fraction of sp³-hybridized carbons (Fsp3) is 0.690. The molecular weight excluding hydrogens is 902 g/mol. The quantitative estimate of drug-likeness (QED) is 0.0208. The number of phosphoric acid groups is 1. The molecule has 0 saturated heterocycles. The predicted octanol–water partition coefficient (Wildman–Crippen LogP) is 14.8. The number of esters is 2. The molecule has 398 valence electrons. The lowest BCUT2D eigenvalue weighted by Gasteiger charge is -2.29. The molecule has 0 radical (unpaired) electrons. The fourth-order valence-corrected chi connectivity index (χ4v) is 8.70. The number of benzene rings is 2. The van der Waals surface area contributed by atoms with Crippen LogP contribution in [0.4, 0.5) is 0 Å². The number of hydrogen-bond acceptors (Lipinski definition) is 10. The average molecular weight is 998 g/mol. The molecule has 0 saturated carbocycles. The van der Waals surface area contributed by atoms with Crippen LogP contribution in [0.5, 0.6) is 11.5 Å². The van der Waals surface area contributed by atoms with Crippen molar-refractivity contribution in [3.8, 4) is 11.5 Å². The van der Waals surface area contributed by atoms with E-state index in [4.69, 9.17) is 28.0 Å². The van der Waals surface area contributed by atoms with Crippen LogP contribution < -0.4 is 14.4 Å². The zero-order valence-electron chi connectivity index (χ0n) is 44.5. The molecule has 2 aromatic carbocycles. The predicted molar refractivity (Wildman–Crippen MR) is 286 cm³/mol. The lowest BCUT2D eigenvalue weighted by Crippen LogP contribution is -2.38. The maximum absolute atomic E-state index is 12.7. The monoisotopic (exact) mass is 998 g/mol. The Morgan fingerprint density at radius 1 is 0.500 bits per heavy atom. The highest BCUT2D eigenvalue weighted by Crippen LogP contribution is 2.40. The van der Waals surface area contributed by atoms with Crippen molar-refractivity contribution in [1.29, 1.82) is 0 Å². The Kier molecular flexibility index (Phi) is 36.7. The van der Waals surface area contributed by atoms with Gasteiger partial charge in [-0.15, -0.1) is 0 Å². The summed E-state index contributed by atoms with van der Waals surface area (Å²) >= 11 is 0. The van der Waals surface area contributed by atoms with Gasteiger partial charge in [-0.25, -0.2) is 9.59 Å². The Morgan fingerprint density at radius 3 is 1.13 bits per heavy atom. The Labute approximate surface area is 425 Å². The van der Waals surface area contributed by atoms with Gasteiger partial charge in [0, 0.05) is 12.2 Å². The van der Waals surface area contributed by atoms with Gasteiger partial charge < -0.3 is 37.4 Å². The van der Waals surface area contributed by atoms with Crippen LogP contribution in [-0.4, -0.2) is 83.2 Å². The van der Waals surface area contributed by atoms with E-state index < -0.39 is 39.1 Å². The van der Waals surface area contributed by atoms with E-state index in [2.05, 4.69) is 13.8 Å². The van der Waals surface area contributed by atoms with Crippen molar-refractivity contribution in [3.05, 3.63) is 71.8 Å². The average Bonchev–Trinajstić information content (AvgIpc) is 3.33. The van der Waals surface area contributed by atoms with E-state index in [0.717, 1.165) is 48.3 Å². The highest BCUT2D eigenvalue weighted by atomic mass is 31.2. The van der Waals surface area contributed by atoms with Crippen LogP contribution in [0, 0.1) is 0 Å². The summed E-state index contributed by atoms with van der Waals surface area (Å²) in [4.78, 5) is 38.2. The minimum absolute atomic E-state index is 0.116. The van der Waals surface area contributed by atoms with Gasteiger partial charge in [-0.1, -0.05) is 205 Å². The Bertz CT molecular complexity index is 1590. The third-order valence-corrected chi connectivity index (χ3v) is 13.3. The summed E-state index contributed by atoms with van der Waals surface area (Å²) in [7, 11) is 0.855. The highest BCUT2D eigenvalue weighted by molar-refractivity contribution is 7.45. The molecule has 70 heavy (non-hydrogen) atoms. The molecule has 0 aliphatic heterocycles. The van der Waals surface area contributed by atoms with Crippen LogP contribution in [0.2, 0.25) is 0 Å². The van der Waals surface area contributed by atoms with Gasteiger partial charge in [0.15, 0.2) is 0 Å². The maximum Gasteiger partial charge on any atom is 0.330 e. The number of carbonyl (C=O) groups is 2. The molecule has 0 spiro atoms. The maximum atomic E-state index is 12.7.